The molecule has 1 aromatic heterocycles. The van der Waals surface area contributed by atoms with Gasteiger partial charge < -0.3 is 5.32 Å². The number of hydrogen-bond donors (Lipinski definition) is 2. The standard InChI is InChI=1S/C12H12FN3O2S/c1-14-12-11(3-2-8-15-12)19(17,18)16-10-6-4-9(13)5-7-10/h2-8,16H,1H3,(H,14,15). The first-order valence-corrected chi connectivity index (χ1v) is 6.92. The molecule has 0 saturated heterocycles. The minimum atomic E-state index is -3.77. The van der Waals surface area contributed by atoms with Gasteiger partial charge in [0.25, 0.3) is 10.0 Å². The Labute approximate surface area is 110 Å². The molecule has 2 rings (SSSR count). The van der Waals surface area contributed by atoms with Gasteiger partial charge in [-0.1, -0.05) is 0 Å². The van der Waals surface area contributed by atoms with Crippen molar-refractivity contribution in [2.75, 3.05) is 17.1 Å². The molecule has 0 fully saturated rings. The largest absolute Gasteiger partial charge is 0.372 e. The maximum atomic E-state index is 12.8. The second kappa shape index (κ2) is 5.23. The van der Waals surface area contributed by atoms with Gasteiger partial charge in [-0.05, 0) is 36.4 Å². The third kappa shape index (κ3) is 3.00. The van der Waals surface area contributed by atoms with Crippen LogP contribution in [0.1, 0.15) is 0 Å². The second-order valence-electron chi connectivity index (χ2n) is 3.71. The lowest BCUT2D eigenvalue weighted by atomic mass is 10.3. The first-order valence-electron chi connectivity index (χ1n) is 5.44. The highest BCUT2D eigenvalue weighted by Crippen LogP contribution is 2.21. The molecule has 0 unspecified atom stereocenters. The molecule has 0 aliphatic heterocycles. The zero-order chi connectivity index (χ0) is 13.9. The molecule has 0 spiro atoms. The number of anilines is 2. The van der Waals surface area contributed by atoms with Crippen molar-refractivity contribution >= 4 is 21.5 Å². The van der Waals surface area contributed by atoms with Crippen LogP contribution in [0, 0.1) is 5.82 Å². The number of hydrogen-bond acceptors (Lipinski definition) is 4. The predicted octanol–water partition coefficient (Wildman–Crippen LogP) is 2.06. The minimum Gasteiger partial charge on any atom is -0.372 e. The van der Waals surface area contributed by atoms with E-state index in [2.05, 4.69) is 15.0 Å². The molecule has 0 aliphatic carbocycles. The third-order valence-corrected chi connectivity index (χ3v) is 3.81. The van der Waals surface area contributed by atoms with Gasteiger partial charge in [-0.3, -0.25) is 4.72 Å². The zero-order valence-corrected chi connectivity index (χ0v) is 10.9. The van der Waals surface area contributed by atoms with Crippen LogP contribution in [0.15, 0.2) is 47.5 Å². The van der Waals surface area contributed by atoms with Gasteiger partial charge in [0.1, 0.15) is 16.5 Å². The summed E-state index contributed by atoms with van der Waals surface area (Å²) >= 11 is 0. The quantitative estimate of drug-likeness (QED) is 0.900. The summed E-state index contributed by atoms with van der Waals surface area (Å²) in [5, 5.41) is 2.71. The van der Waals surface area contributed by atoms with Gasteiger partial charge in [0.2, 0.25) is 0 Å². The summed E-state index contributed by atoms with van der Waals surface area (Å²) in [5.41, 5.74) is 0.285. The summed E-state index contributed by atoms with van der Waals surface area (Å²) in [5.74, 6) is -0.183. The monoisotopic (exact) mass is 281 g/mol. The number of halogens is 1. The average Bonchev–Trinajstić information content (AvgIpc) is 2.41. The number of nitrogens with one attached hydrogen (secondary N) is 2. The van der Waals surface area contributed by atoms with Crippen LogP contribution < -0.4 is 10.0 Å². The van der Waals surface area contributed by atoms with E-state index in [-0.39, 0.29) is 16.4 Å². The van der Waals surface area contributed by atoms with Crippen LogP contribution in [-0.4, -0.2) is 20.4 Å². The Morgan fingerprint density at radius 3 is 2.47 bits per heavy atom. The fourth-order valence-corrected chi connectivity index (χ4v) is 2.75. The van der Waals surface area contributed by atoms with E-state index >= 15 is 0 Å². The topological polar surface area (TPSA) is 71.1 Å². The molecule has 2 aromatic rings. The molecule has 5 nitrogen and oxygen atoms in total. The van der Waals surface area contributed by atoms with Crippen molar-refractivity contribution < 1.29 is 12.8 Å². The summed E-state index contributed by atoms with van der Waals surface area (Å²) in [7, 11) is -2.18. The van der Waals surface area contributed by atoms with Crippen LogP contribution in [0.4, 0.5) is 15.9 Å². The molecule has 7 heteroatoms. The number of benzene rings is 1. The summed E-state index contributed by atoms with van der Waals surface area (Å²) in [6.07, 6.45) is 1.49. The van der Waals surface area contributed by atoms with Gasteiger partial charge in [-0.15, -0.1) is 0 Å². The molecule has 19 heavy (non-hydrogen) atoms. The smallest absolute Gasteiger partial charge is 0.265 e. The molecule has 1 heterocycles. The molecule has 0 aliphatic rings. The highest BCUT2D eigenvalue weighted by molar-refractivity contribution is 7.92. The van der Waals surface area contributed by atoms with Crippen molar-refractivity contribution in [3.05, 3.63) is 48.4 Å². The number of rotatable bonds is 4. The van der Waals surface area contributed by atoms with Crippen molar-refractivity contribution in [1.29, 1.82) is 0 Å². The van der Waals surface area contributed by atoms with E-state index in [0.717, 1.165) is 0 Å². The molecule has 0 saturated carbocycles. The van der Waals surface area contributed by atoms with Gasteiger partial charge in [0.05, 0.1) is 0 Å². The van der Waals surface area contributed by atoms with E-state index in [1.54, 1.807) is 7.05 Å². The molecule has 2 N–H and O–H groups in total. The normalized spacial score (nSPS) is 11.1. The first-order chi connectivity index (χ1) is 9.03. The van der Waals surface area contributed by atoms with E-state index < -0.39 is 15.8 Å². The van der Waals surface area contributed by atoms with Crippen LogP contribution >= 0.6 is 0 Å². The van der Waals surface area contributed by atoms with Crippen molar-refractivity contribution in [3.63, 3.8) is 0 Å². The van der Waals surface area contributed by atoms with E-state index in [9.17, 15) is 12.8 Å². The average molecular weight is 281 g/mol. The molecule has 100 valence electrons. The third-order valence-electron chi connectivity index (χ3n) is 2.39. The summed E-state index contributed by atoms with van der Waals surface area (Å²) < 4.78 is 39.5. The van der Waals surface area contributed by atoms with Crippen LogP contribution in [0.25, 0.3) is 0 Å². The Hall–Kier alpha value is -2.15. The minimum absolute atomic E-state index is 0.0295. The molecular weight excluding hydrogens is 269 g/mol. The Bertz CT molecular complexity index is 672. The van der Waals surface area contributed by atoms with Crippen LogP contribution in [0.5, 0.6) is 0 Å². The Morgan fingerprint density at radius 2 is 1.84 bits per heavy atom. The van der Waals surface area contributed by atoms with Gasteiger partial charge in [-0.2, -0.15) is 0 Å². The predicted molar refractivity (Wildman–Crippen MR) is 71.0 cm³/mol. The van der Waals surface area contributed by atoms with Gasteiger partial charge >= 0.3 is 0 Å². The van der Waals surface area contributed by atoms with Gasteiger partial charge in [-0.25, -0.2) is 17.8 Å². The number of aromatic nitrogens is 1. The van der Waals surface area contributed by atoms with Crippen molar-refractivity contribution in [3.8, 4) is 0 Å². The lowest BCUT2D eigenvalue weighted by Crippen LogP contribution is -2.15. The van der Waals surface area contributed by atoms with Crippen LogP contribution in [0.2, 0.25) is 0 Å². The number of pyridine rings is 1. The Kier molecular flexibility index (Phi) is 3.66. The molecular formula is C12H12FN3O2S. The fraction of sp³-hybridized carbons (Fsp3) is 0.0833. The first kappa shape index (κ1) is 13.3. The fourth-order valence-electron chi connectivity index (χ4n) is 1.52. The molecule has 0 amide bonds. The maximum absolute atomic E-state index is 12.8. The highest BCUT2D eigenvalue weighted by Gasteiger charge is 2.18. The highest BCUT2D eigenvalue weighted by atomic mass is 32.2. The zero-order valence-electron chi connectivity index (χ0n) is 10.1. The maximum Gasteiger partial charge on any atom is 0.265 e. The molecule has 0 radical (unpaired) electrons. The van der Waals surface area contributed by atoms with Crippen molar-refractivity contribution in [2.45, 2.75) is 4.90 Å². The summed E-state index contributed by atoms with van der Waals surface area (Å²) in [6.45, 7) is 0. The lowest BCUT2D eigenvalue weighted by Gasteiger charge is -2.10. The summed E-state index contributed by atoms with van der Waals surface area (Å²) in [4.78, 5) is 3.96. The Morgan fingerprint density at radius 1 is 1.16 bits per heavy atom. The lowest BCUT2D eigenvalue weighted by molar-refractivity contribution is 0.601. The van der Waals surface area contributed by atoms with E-state index in [1.165, 1.54) is 42.6 Å². The van der Waals surface area contributed by atoms with Crippen LogP contribution in [0.3, 0.4) is 0 Å². The van der Waals surface area contributed by atoms with E-state index in [0.29, 0.717) is 0 Å². The van der Waals surface area contributed by atoms with Gasteiger partial charge in [0.15, 0.2) is 0 Å². The van der Waals surface area contributed by atoms with Crippen LogP contribution in [-0.2, 0) is 10.0 Å². The van der Waals surface area contributed by atoms with Gasteiger partial charge in [0, 0.05) is 18.9 Å². The van der Waals surface area contributed by atoms with Crippen molar-refractivity contribution in [2.24, 2.45) is 0 Å². The molecule has 0 atom stereocenters. The van der Waals surface area contributed by atoms with E-state index in [1.807, 2.05) is 0 Å². The molecule has 0 bridgehead atoms. The summed E-state index contributed by atoms with van der Waals surface area (Å²) in [6, 6.07) is 8.02. The second-order valence-corrected chi connectivity index (χ2v) is 5.36. The Balaban J connectivity index is 2.35. The van der Waals surface area contributed by atoms with E-state index in [4.69, 9.17) is 0 Å². The molecule has 1 aromatic carbocycles. The number of sulfonamides is 1. The number of nitrogens with zero attached hydrogens (tertiary/aromatic N) is 1. The SMILES string of the molecule is CNc1ncccc1S(=O)(=O)Nc1ccc(F)cc1. The van der Waals surface area contributed by atoms with Crippen molar-refractivity contribution in [1.82, 2.24) is 4.98 Å².